The molecule has 3 aromatic rings. The van der Waals surface area contributed by atoms with Crippen LogP contribution < -0.4 is 0 Å². The van der Waals surface area contributed by atoms with Gasteiger partial charge >= 0.3 is 0 Å². The molecule has 0 aromatic heterocycles. The number of phenols is 1. The average Bonchev–Trinajstić information content (AvgIpc) is 2.55. The maximum atomic E-state index is 10.8. The molecule has 108 valence electrons. The van der Waals surface area contributed by atoms with Crippen LogP contribution in [-0.4, -0.2) is 23.1 Å². The van der Waals surface area contributed by atoms with E-state index in [2.05, 4.69) is 43.0 Å². The van der Waals surface area contributed by atoms with Crippen molar-refractivity contribution in [2.24, 2.45) is 0 Å². The number of hydrogen-bond acceptors (Lipinski definition) is 2. The number of aromatic hydroxyl groups is 1. The smallest absolute Gasteiger partial charge is 0.128 e. The predicted octanol–water partition coefficient (Wildman–Crippen LogP) is 4.54. The molecule has 0 aliphatic carbocycles. The van der Waals surface area contributed by atoms with Crippen molar-refractivity contribution in [3.63, 3.8) is 0 Å². The van der Waals surface area contributed by atoms with Gasteiger partial charge in [-0.15, -0.1) is 0 Å². The van der Waals surface area contributed by atoms with Gasteiger partial charge in [0.2, 0.25) is 0 Å². The van der Waals surface area contributed by atoms with Crippen molar-refractivity contribution in [2.75, 3.05) is 13.1 Å². The van der Waals surface area contributed by atoms with E-state index in [1.54, 1.807) is 0 Å². The van der Waals surface area contributed by atoms with Gasteiger partial charge in [-0.3, -0.25) is 4.90 Å². The van der Waals surface area contributed by atoms with Gasteiger partial charge in [0.25, 0.3) is 0 Å². The van der Waals surface area contributed by atoms with E-state index in [1.807, 2.05) is 24.3 Å². The Morgan fingerprint density at radius 1 is 0.762 bits per heavy atom. The minimum Gasteiger partial charge on any atom is -0.507 e. The van der Waals surface area contributed by atoms with E-state index in [9.17, 15) is 5.11 Å². The van der Waals surface area contributed by atoms with E-state index in [4.69, 9.17) is 0 Å². The van der Waals surface area contributed by atoms with E-state index in [0.717, 1.165) is 41.4 Å². The minimum atomic E-state index is 0.427. The fourth-order valence-electron chi connectivity index (χ4n) is 3.03. The zero-order valence-corrected chi connectivity index (χ0v) is 12.6. The van der Waals surface area contributed by atoms with Crippen LogP contribution in [0, 0.1) is 0 Å². The van der Waals surface area contributed by atoms with Gasteiger partial charge in [0.15, 0.2) is 0 Å². The van der Waals surface area contributed by atoms with E-state index in [-0.39, 0.29) is 0 Å². The Hall–Kier alpha value is -2.06. The summed E-state index contributed by atoms with van der Waals surface area (Å²) in [4.78, 5) is 2.33. The summed E-state index contributed by atoms with van der Waals surface area (Å²) in [5.41, 5.74) is 1.04. The lowest BCUT2D eigenvalue weighted by Gasteiger charge is -2.21. The number of phenolic OH excluding ortho intramolecular Hbond substituents is 1. The van der Waals surface area contributed by atoms with Crippen LogP contribution in [0.3, 0.4) is 0 Å². The number of fused-ring (bicyclic) bond motifs is 3. The predicted molar refractivity (Wildman–Crippen MR) is 89.7 cm³/mol. The fourth-order valence-corrected chi connectivity index (χ4v) is 3.03. The molecule has 0 atom stereocenters. The van der Waals surface area contributed by atoms with Crippen molar-refractivity contribution in [2.45, 2.75) is 20.4 Å². The molecule has 0 saturated heterocycles. The van der Waals surface area contributed by atoms with Crippen LogP contribution in [0.5, 0.6) is 5.75 Å². The standard InChI is InChI=1S/C19H21NO/c1-3-20(4-2)13-18-16-11-6-5-9-14(16)15-10-7-8-12-17(15)19(18)21/h5-12,21H,3-4,13H2,1-2H3. The largest absolute Gasteiger partial charge is 0.507 e. The van der Waals surface area contributed by atoms with Gasteiger partial charge in [-0.25, -0.2) is 0 Å². The highest BCUT2D eigenvalue weighted by molar-refractivity contribution is 6.11. The quantitative estimate of drug-likeness (QED) is 0.709. The topological polar surface area (TPSA) is 23.5 Å². The van der Waals surface area contributed by atoms with Crippen LogP contribution in [0.15, 0.2) is 48.5 Å². The van der Waals surface area contributed by atoms with E-state index in [1.165, 1.54) is 5.39 Å². The normalized spacial score (nSPS) is 11.6. The lowest BCUT2D eigenvalue weighted by Crippen LogP contribution is -2.22. The summed E-state index contributed by atoms with van der Waals surface area (Å²) in [6.45, 7) is 7.06. The molecule has 3 aromatic carbocycles. The maximum absolute atomic E-state index is 10.8. The van der Waals surface area contributed by atoms with Crippen molar-refractivity contribution in [1.82, 2.24) is 4.90 Å². The SMILES string of the molecule is CCN(CC)Cc1c(O)c2ccccc2c2ccccc12. The van der Waals surface area contributed by atoms with E-state index < -0.39 is 0 Å². The Labute approximate surface area is 125 Å². The van der Waals surface area contributed by atoms with E-state index >= 15 is 0 Å². The zero-order chi connectivity index (χ0) is 14.8. The molecule has 0 aliphatic rings. The van der Waals surface area contributed by atoms with Crippen LogP contribution in [0.2, 0.25) is 0 Å². The van der Waals surface area contributed by atoms with Crippen molar-refractivity contribution in [3.8, 4) is 5.75 Å². The second-order valence-corrected chi connectivity index (χ2v) is 5.38. The third kappa shape index (κ3) is 2.36. The Bertz CT molecular complexity index is 775. The number of hydrogen-bond donors (Lipinski definition) is 1. The third-order valence-electron chi connectivity index (χ3n) is 4.29. The molecule has 0 saturated carbocycles. The Kier molecular flexibility index (Phi) is 3.80. The summed E-state index contributed by atoms with van der Waals surface area (Å²) < 4.78 is 0. The monoisotopic (exact) mass is 279 g/mol. The minimum absolute atomic E-state index is 0.427. The zero-order valence-electron chi connectivity index (χ0n) is 12.6. The second-order valence-electron chi connectivity index (χ2n) is 5.38. The van der Waals surface area contributed by atoms with Crippen LogP contribution >= 0.6 is 0 Å². The molecule has 2 nitrogen and oxygen atoms in total. The van der Waals surface area contributed by atoms with E-state index in [0.29, 0.717) is 5.75 Å². The molecule has 0 spiro atoms. The summed E-state index contributed by atoms with van der Waals surface area (Å²) in [6.07, 6.45) is 0. The summed E-state index contributed by atoms with van der Waals surface area (Å²) in [7, 11) is 0. The van der Waals surface area contributed by atoms with Gasteiger partial charge in [0, 0.05) is 17.5 Å². The Morgan fingerprint density at radius 3 is 1.81 bits per heavy atom. The highest BCUT2D eigenvalue weighted by atomic mass is 16.3. The fraction of sp³-hybridized carbons (Fsp3) is 0.263. The first-order chi connectivity index (χ1) is 10.3. The molecule has 3 rings (SSSR count). The van der Waals surface area contributed by atoms with Gasteiger partial charge in [-0.05, 0) is 29.2 Å². The number of benzene rings is 3. The highest BCUT2D eigenvalue weighted by Gasteiger charge is 2.14. The van der Waals surface area contributed by atoms with Gasteiger partial charge in [0.05, 0.1) is 0 Å². The van der Waals surface area contributed by atoms with Gasteiger partial charge in [-0.2, -0.15) is 0 Å². The summed E-state index contributed by atoms with van der Waals surface area (Å²) in [6, 6.07) is 16.5. The molecule has 0 aliphatic heterocycles. The van der Waals surface area contributed by atoms with Crippen LogP contribution in [0.4, 0.5) is 0 Å². The van der Waals surface area contributed by atoms with Crippen molar-refractivity contribution in [1.29, 1.82) is 0 Å². The van der Waals surface area contributed by atoms with Crippen LogP contribution in [0.25, 0.3) is 21.5 Å². The molecule has 21 heavy (non-hydrogen) atoms. The first-order valence-corrected chi connectivity index (χ1v) is 7.59. The average molecular weight is 279 g/mol. The summed E-state index contributed by atoms with van der Waals surface area (Å²) in [5, 5.41) is 15.2. The second kappa shape index (κ2) is 5.74. The van der Waals surface area contributed by atoms with Crippen LogP contribution in [0.1, 0.15) is 19.4 Å². The molecule has 0 fully saturated rings. The maximum Gasteiger partial charge on any atom is 0.128 e. The molecule has 1 N–H and O–H groups in total. The van der Waals surface area contributed by atoms with Gasteiger partial charge in [-0.1, -0.05) is 62.4 Å². The van der Waals surface area contributed by atoms with Gasteiger partial charge in [0.1, 0.15) is 5.75 Å². The lowest BCUT2D eigenvalue weighted by molar-refractivity contribution is 0.292. The summed E-state index contributed by atoms with van der Waals surface area (Å²) in [5.74, 6) is 0.427. The van der Waals surface area contributed by atoms with Crippen molar-refractivity contribution < 1.29 is 5.11 Å². The molecule has 0 amide bonds. The first kappa shape index (κ1) is 13.9. The van der Waals surface area contributed by atoms with Crippen molar-refractivity contribution in [3.05, 3.63) is 54.1 Å². The Balaban J connectivity index is 2.32. The lowest BCUT2D eigenvalue weighted by atomic mass is 9.95. The number of rotatable bonds is 4. The highest BCUT2D eigenvalue weighted by Crippen LogP contribution is 2.37. The van der Waals surface area contributed by atoms with Crippen LogP contribution in [-0.2, 0) is 6.54 Å². The Morgan fingerprint density at radius 2 is 1.24 bits per heavy atom. The molecular weight excluding hydrogens is 258 g/mol. The molecule has 0 heterocycles. The molecular formula is C19H21NO. The third-order valence-corrected chi connectivity index (χ3v) is 4.29. The number of nitrogens with zero attached hydrogens (tertiary/aromatic N) is 1. The van der Waals surface area contributed by atoms with Crippen molar-refractivity contribution >= 4 is 21.5 Å². The molecule has 0 bridgehead atoms. The molecule has 0 radical (unpaired) electrons. The molecule has 2 heteroatoms. The van der Waals surface area contributed by atoms with Gasteiger partial charge < -0.3 is 5.11 Å². The first-order valence-electron chi connectivity index (χ1n) is 7.59. The summed E-state index contributed by atoms with van der Waals surface area (Å²) >= 11 is 0. The molecule has 0 unspecified atom stereocenters.